The van der Waals surface area contributed by atoms with E-state index in [1.54, 1.807) is 33.8 Å². The number of imide groups is 1. The molecule has 9 heteroatoms. The average Bonchev–Trinajstić information content (AvgIpc) is 3.35. The van der Waals surface area contributed by atoms with Crippen LogP contribution in [0.5, 0.6) is 5.75 Å². The number of aryl methyl sites for hydroxylation is 3. The molecule has 0 saturated carbocycles. The molecule has 3 aromatic rings. The zero-order chi connectivity index (χ0) is 26.5. The lowest BCUT2D eigenvalue weighted by molar-refractivity contribution is -0.122. The van der Waals surface area contributed by atoms with Gasteiger partial charge in [0.05, 0.1) is 24.4 Å². The summed E-state index contributed by atoms with van der Waals surface area (Å²) in [6, 6.07) is 14.2. The summed E-state index contributed by atoms with van der Waals surface area (Å²) >= 11 is 5.78. The molecule has 1 N–H and O–H groups in total. The minimum absolute atomic E-state index is 0.0304. The molecule has 1 unspecified atom stereocenters. The first kappa shape index (κ1) is 26.3. The maximum Gasteiger partial charge on any atom is 0.257 e. The van der Waals surface area contributed by atoms with Crippen molar-refractivity contribution in [1.82, 2.24) is 14.7 Å². The molecule has 1 aliphatic heterocycles. The fraction of sp³-hybridized carbons (Fsp3) is 0.357. The van der Waals surface area contributed by atoms with E-state index in [4.69, 9.17) is 17.0 Å². The summed E-state index contributed by atoms with van der Waals surface area (Å²) in [5.41, 5.74) is 4.25. The van der Waals surface area contributed by atoms with Crippen LogP contribution in [-0.4, -0.2) is 44.3 Å². The van der Waals surface area contributed by atoms with E-state index in [0.717, 1.165) is 35.3 Å². The van der Waals surface area contributed by atoms with E-state index in [1.807, 2.05) is 51.4 Å². The minimum Gasteiger partial charge on any atom is -0.494 e. The summed E-state index contributed by atoms with van der Waals surface area (Å²) in [7, 11) is 1.85. The van der Waals surface area contributed by atoms with Gasteiger partial charge in [0.2, 0.25) is 5.91 Å². The van der Waals surface area contributed by atoms with Crippen molar-refractivity contribution in [3.63, 3.8) is 0 Å². The fourth-order valence-corrected chi connectivity index (χ4v) is 4.61. The third kappa shape index (κ3) is 6.17. The first-order chi connectivity index (χ1) is 17.8. The molecule has 0 aliphatic carbocycles. The average molecular weight is 520 g/mol. The number of rotatable bonds is 9. The summed E-state index contributed by atoms with van der Waals surface area (Å²) in [6.07, 6.45) is 3.96. The van der Waals surface area contributed by atoms with Gasteiger partial charge in [0.1, 0.15) is 11.8 Å². The van der Waals surface area contributed by atoms with Crippen molar-refractivity contribution in [2.24, 2.45) is 7.05 Å². The first-order valence-electron chi connectivity index (χ1n) is 12.5. The standard InChI is InChI=1S/C28H33N5O3S/c1-5-6-15-36-24-13-11-23(12-14-24)33-26(34)16-25(27(33)35)32(18-21-17-31(4)30-20(21)3)28(37)29-22-9-7-19(2)8-10-22/h7-14,17,25H,5-6,15-16,18H2,1-4H3,(H,29,37). The number of unbranched alkanes of at least 4 members (excludes halogenated alkanes) is 1. The van der Waals surface area contributed by atoms with Gasteiger partial charge < -0.3 is 15.0 Å². The molecule has 0 bridgehead atoms. The summed E-state index contributed by atoms with van der Waals surface area (Å²) in [4.78, 5) is 29.8. The van der Waals surface area contributed by atoms with Crippen molar-refractivity contribution in [1.29, 1.82) is 0 Å². The second-order valence-electron chi connectivity index (χ2n) is 9.32. The molecular weight excluding hydrogens is 486 g/mol. The van der Waals surface area contributed by atoms with Crippen LogP contribution in [0.25, 0.3) is 0 Å². The third-order valence-electron chi connectivity index (χ3n) is 6.38. The predicted octanol–water partition coefficient (Wildman–Crippen LogP) is 4.75. The van der Waals surface area contributed by atoms with Crippen molar-refractivity contribution in [2.45, 2.75) is 52.6 Å². The Bertz CT molecular complexity index is 1270. The maximum atomic E-state index is 13.7. The molecule has 2 amide bonds. The first-order valence-corrected chi connectivity index (χ1v) is 12.9. The van der Waals surface area contributed by atoms with Crippen molar-refractivity contribution < 1.29 is 14.3 Å². The van der Waals surface area contributed by atoms with Crippen molar-refractivity contribution >= 4 is 40.5 Å². The maximum absolute atomic E-state index is 13.7. The van der Waals surface area contributed by atoms with Crippen LogP contribution in [0, 0.1) is 13.8 Å². The van der Waals surface area contributed by atoms with E-state index in [1.165, 1.54) is 4.90 Å². The highest BCUT2D eigenvalue weighted by molar-refractivity contribution is 7.80. The molecule has 2 heterocycles. The highest BCUT2D eigenvalue weighted by Crippen LogP contribution is 2.29. The number of ether oxygens (including phenoxy) is 1. The van der Waals surface area contributed by atoms with Crippen LogP contribution >= 0.6 is 12.2 Å². The molecule has 2 aromatic carbocycles. The number of hydrogen-bond acceptors (Lipinski definition) is 5. The zero-order valence-electron chi connectivity index (χ0n) is 21.7. The van der Waals surface area contributed by atoms with Crippen LogP contribution in [0.4, 0.5) is 11.4 Å². The molecule has 1 atom stereocenters. The third-order valence-corrected chi connectivity index (χ3v) is 6.72. The van der Waals surface area contributed by atoms with Crippen LogP contribution in [0.15, 0.2) is 54.7 Å². The number of anilines is 2. The lowest BCUT2D eigenvalue weighted by atomic mass is 10.1. The van der Waals surface area contributed by atoms with Gasteiger partial charge in [-0.1, -0.05) is 31.0 Å². The molecule has 8 nitrogen and oxygen atoms in total. The van der Waals surface area contributed by atoms with Crippen molar-refractivity contribution in [3.05, 3.63) is 71.5 Å². The van der Waals surface area contributed by atoms with E-state index in [2.05, 4.69) is 17.3 Å². The number of thiocarbonyl (C=S) groups is 1. The Morgan fingerprint density at radius 1 is 1.14 bits per heavy atom. The molecule has 4 rings (SSSR count). The Kier molecular flexibility index (Phi) is 8.23. The summed E-state index contributed by atoms with van der Waals surface area (Å²) in [6.45, 7) is 7.02. The molecule has 0 spiro atoms. The minimum atomic E-state index is -0.738. The Hall–Kier alpha value is -3.72. The second-order valence-corrected chi connectivity index (χ2v) is 9.71. The van der Waals surface area contributed by atoms with Crippen molar-refractivity contribution in [2.75, 3.05) is 16.8 Å². The van der Waals surface area contributed by atoms with Gasteiger partial charge in [-0.05, 0) is 68.9 Å². The van der Waals surface area contributed by atoms with Crippen molar-refractivity contribution in [3.8, 4) is 5.75 Å². The lowest BCUT2D eigenvalue weighted by Gasteiger charge is -2.30. The number of carbonyl (C=O) groups is 2. The molecule has 0 radical (unpaired) electrons. The van der Waals surface area contributed by atoms with Crippen LogP contribution in [0.3, 0.4) is 0 Å². The van der Waals surface area contributed by atoms with Crippen LogP contribution < -0.4 is 15.0 Å². The molecular formula is C28H33N5O3S. The van der Waals surface area contributed by atoms with Gasteiger partial charge in [-0.15, -0.1) is 0 Å². The molecule has 1 aliphatic rings. The number of hydrogen-bond donors (Lipinski definition) is 1. The largest absolute Gasteiger partial charge is 0.494 e. The van der Waals surface area contributed by atoms with Gasteiger partial charge in [-0.2, -0.15) is 5.10 Å². The molecule has 1 fully saturated rings. The quantitative estimate of drug-likeness (QED) is 0.248. The summed E-state index contributed by atoms with van der Waals surface area (Å²) in [5.74, 6) is 0.143. The number of amides is 2. The molecule has 194 valence electrons. The molecule has 1 aromatic heterocycles. The molecule has 37 heavy (non-hydrogen) atoms. The monoisotopic (exact) mass is 519 g/mol. The van der Waals surface area contributed by atoms with E-state index < -0.39 is 6.04 Å². The van der Waals surface area contributed by atoms with Crippen LogP contribution in [0.2, 0.25) is 0 Å². The Labute approximate surface area is 223 Å². The van der Waals surface area contributed by atoms with Gasteiger partial charge in [-0.3, -0.25) is 14.3 Å². The van der Waals surface area contributed by atoms with Crippen LogP contribution in [-0.2, 0) is 23.2 Å². The molecule has 1 saturated heterocycles. The second kappa shape index (κ2) is 11.6. The van der Waals surface area contributed by atoms with Gasteiger partial charge in [0.25, 0.3) is 5.91 Å². The predicted molar refractivity (Wildman–Crippen MR) is 149 cm³/mol. The highest BCUT2D eigenvalue weighted by Gasteiger charge is 2.44. The fourth-order valence-electron chi connectivity index (χ4n) is 4.30. The number of nitrogens with zero attached hydrogens (tertiary/aromatic N) is 4. The smallest absolute Gasteiger partial charge is 0.257 e. The highest BCUT2D eigenvalue weighted by atomic mass is 32.1. The normalized spacial score (nSPS) is 15.2. The lowest BCUT2D eigenvalue weighted by Crippen LogP contribution is -2.46. The summed E-state index contributed by atoms with van der Waals surface area (Å²) < 4.78 is 7.46. The summed E-state index contributed by atoms with van der Waals surface area (Å²) in [5, 5.41) is 8.05. The topological polar surface area (TPSA) is 79.7 Å². The number of benzene rings is 2. The van der Waals surface area contributed by atoms with E-state index >= 15 is 0 Å². The Morgan fingerprint density at radius 2 is 1.84 bits per heavy atom. The number of carbonyl (C=O) groups excluding carboxylic acids is 2. The van der Waals surface area contributed by atoms with E-state index in [0.29, 0.717) is 29.7 Å². The van der Waals surface area contributed by atoms with Gasteiger partial charge in [-0.25, -0.2) is 4.90 Å². The number of aromatic nitrogens is 2. The SMILES string of the molecule is CCCCOc1ccc(N2C(=O)CC(N(Cc3cn(C)nc3C)C(=S)Nc3ccc(C)cc3)C2=O)cc1. The van der Waals surface area contributed by atoms with Gasteiger partial charge in [0.15, 0.2) is 5.11 Å². The Morgan fingerprint density at radius 3 is 2.46 bits per heavy atom. The Balaban J connectivity index is 1.57. The number of nitrogens with one attached hydrogen (secondary N) is 1. The van der Waals surface area contributed by atoms with Gasteiger partial charge >= 0.3 is 0 Å². The van der Waals surface area contributed by atoms with E-state index in [-0.39, 0.29) is 18.2 Å². The zero-order valence-corrected chi connectivity index (χ0v) is 22.5. The van der Waals surface area contributed by atoms with Crippen LogP contribution in [0.1, 0.15) is 43.0 Å². The van der Waals surface area contributed by atoms with Gasteiger partial charge in [0, 0.05) is 31.0 Å². The van der Waals surface area contributed by atoms with E-state index in [9.17, 15) is 9.59 Å².